The van der Waals surface area contributed by atoms with Crippen LogP contribution in [0.15, 0.2) is 49.1 Å². The summed E-state index contributed by atoms with van der Waals surface area (Å²) >= 11 is 0. The lowest BCUT2D eigenvalue weighted by Crippen LogP contribution is -1.65. The third-order valence-electron chi connectivity index (χ3n) is 1.06. The van der Waals surface area contributed by atoms with Crippen molar-refractivity contribution < 1.29 is 0 Å². The fourth-order valence-corrected chi connectivity index (χ4v) is 0.573. The Balaban J connectivity index is 0. The molecular weight excluding hydrogens is 144 g/mol. The number of hydrogen-bond donors (Lipinski definition) is 0. The van der Waals surface area contributed by atoms with Gasteiger partial charge in [0.25, 0.3) is 0 Å². The van der Waals surface area contributed by atoms with E-state index in [1.807, 2.05) is 13.0 Å². The van der Waals surface area contributed by atoms with Gasteiger partial charge in [0.2, 0.25) is 0 Å². The predicted octanol–water partition coefficient (Wildman–Crippen LogP) is 4.28. The summed E-state index contributed by atoms with van der Waals surface area (Å²) in [5, 5.41) is 0. The largest absolute Gasteiger partial charge is 0.106 e. The first-order chi connectivity index (χ1) is 5.63. The van der Waals surface area contributed by atoms with Gasteiger partial charge in [-0.1, -0.05) is 36.0 Å². The molecule has 0 aromatic carbocycles. The molecule has 0 N–H and O–H groups in total. The van der Waals surface area contributed by atoms with Gasteiger partial charge in [-0.15, -0.1) is 13.2 Å². The van der Waals surface area contributed by atoms with Crippen molar-refractivity contribution in [3.05, 3.63) is 49.1 Å². The van der Waals surface area contributed by atoms with Crippen molar-refractivity contribution in [3.8, 4) is 0 Å². The van der Waals surface area contributed by atoms with Crippen LogP contribution in [0.4, 0.5) is 0 Å². The molecule has 0 aliphatic heterocycles. The first-order valence-electron chi connectivity index (χ1n) is 4.08. The third kappa shape index (κ3) is 16.0. The van der Waals surface area contributed by atoms with Crippen LogP contribution in [0.1, 0.15) is 27.2 Å². The van der Waals surface area contributed by atoms with E-state index in [-0.39, 0.29) is 0 Å². The molecule has 0 rings (SSSR count). The van der Waals surface area contributed by atoms with Crippen molar-refractivity contribution >= 4 is 0 Å². The van der Waals surface area contributed by atoms with Gasteiger partial charge in [-0.2, -0.15) is 0 Å². The molecule has 0 amide bonds. The van der Waals surface area contributed by atoms with Crippen LogP contribution in [0.2, 0.25) is 0 Å². The standard InChI is InChI=1S/C10H16.C2H4/c1-9(2)7-5-6-8-10(3)4;1-2/h5,7-8H,1,6H2,2-4H3;1-2H2/b7-5-;. The molecule has 0 heteroatoms. The van der Waals surface area contributed by atoms with Crippen LogP contribution in [-0.4, -0.2) is 0 Å². The van der Waals surface area contributed by atoms with E-state index in [1.165, 1.54) is 5.57 Å². The molecule has 0 atom stereocenters. The van der Waals surface area contributed by atoms with Crippen LogP contribution in [0.25, 0.3) is 0 Å². The highest BCUT2D eigenvalue weighted by molar-refractivity contribution is 5.12. The molecule has 0 saturated carbocycles. The summed E-state index contributed by atoms with van der Waals surface area (Å²) in [5.41, 5.74) is 2.48. The minimum Gasteiger partial charge on any atom is -0.106 e. The average Bonchev–Trinajstić information content (AvgIpc) is 2.02. The summed E-state index contributed by atoms with van der Waals surface area (Å²) in [4.78, 5) is 0. The van der Waals surface area contributed by atoms with Crippen LogP contribution in [0.3, 0.4) is 0 Å². The first-order valence-corrected chi connectivity index (χ1v) is 4.08. The van der Waals surface area contributed by atoms with Gasteiger partial charge in [-0.3, -0.25) is 0 Å². The van der Waals surface area contributed by atoms with Crippen LogP contribution in [0.5, 0.6) is 0 Å². The monoisotopic (exact) mass is 164 g/mol. The maximum absolute atomic E-state index is 3.76. The highest BCUT2D eigenvalue weighted by atomic mass is 13.8. The van der Waals surface area contributed by atoms with Gasteiger partial charge in [0, 0.05) is 0 Å². The Hall–Kier alpha value is -1.04. The summed E-state index contributed by atoms with van der Waals surface area (Å²) in [5.74, 6) is 0. The van der Waals surface area contributed by atoms with Crippen molar-refractivity contribution in [2.45, 2.75) is 27.2 Å². The molecule has 0 saturated heterocycles. The highest BCUT2D eigenvalue weighted by Crippen LogP contribution is 1.96. The van der Waals surface area contributed by atoms with E-state index in [4.69, 9.17) is 0 Å². The number of hydrogen-bond acceptors (Lipinski definition) is 0. The fourth-order valence-electron chi connectivity index (χ4n) is 0.573. The van der Waals surface area contributed by atoms with E-state index in [1.54, 1.807) is 0 Å². The number of allylic oxidation sites excluding steroid dienone is 5. The van der Waals surface area contributed by atoms with Crippen molar-refractivity contribution in [1.82, 2.24) is 0 Å². The smallest absolute Gasteiger partial charge is 0.0163 e. The average molecular weight is 164 g/mol. The van der Waals surface area contributed by atoms with Crippen LogP contribution < -0.4 is 0 Å². The molecule has 68 valence electrons. The zero-order chi connectivity index (χ0) is 9.98. The van der Waals surface area contributed by atoms with Crippen molar-refractivity contribution in [1.29, 1.82) is 0 Å². The topological polar surface area (TPSA) is 0 Å². The van der Waals surface area contributed by atoms with Gasteiger partial charge in [0.05, 0.1) is 0 Å². The highest BCUT2D eigenvalue weighted by Gasteiger charge is 1.75. The lowest BCUT2D eigenvalue weighted by Gasteiger charge is -1.86. The Morgan fingerprint density at radius 3 is 2.00 bits per heavy atom. The predicted molar refractivity (Wildman–Crippen MR) is 59.3 cm³/mol. The summed E-state index contributed by atoms with van der Waals surface area (Å²) in [7, 11) is 0. The van der Waals surface area contributed by atoms with Crippen LogP contribution in [0, 0.1) is 0 Å². The minimum absolute atomic E-state index is 1.02. The second-order valence-electron chi connectivity index (χ2n) is 2.77. The lowest BCUT2D eigenvalue weighted by molar-refractivity contribution is 1.27. The Bertz CT molecular complexity index is 166. The normalized spacial score (nSPS) is 8.58. The van der Waals surface area contributed by atoms with E-state index in [2.05, 4.69) is 45.7 Å². The molecular formula is C12H20. The van der Waals surface area contributed by atoms with Gasteiger partial charge >= 0.3 is 0 Å². The summed E-state index contributed by atoms with van der Waals surface area (Å²) in [6, 6.07) is 0. The van der Waals surface area contributed by atoms with E-state index in [0.717, 1.165) is 12.0 Å². The van der Waals surface area contributed by atoms with Gasteiger partial charge in [0.15, 0.2) is 0 Å². The molecule has 0 bridgehead atoms. The second-order valence-corrected chi connectivity index (χ2v) is 2.77. The summed E-state index contributed by atoms with van der Waals surface area (Å²) < 4.78 is 0. The van der Waals surface area contributed by atoms with Crippen molar-refractivity contribution in [2.75, 3.05) is 0 Å². The minimum atomic E-state index is 1.02. The van der Waals surface area contributed by atoms with E-state index >= 15 is 0 Å². The van der Waals surface area contributed by atoms with Gasteiger partial charge < -0.3 is 0 Å². The molecule has 0 aromatic rings. The molecule has 0 unspecified atom stereocenters. The molecule has 0 aromatic heterocycles. The SMILES string of the molecule is C=C.C=C(C)/C=C\CC=C(C)C. The maximum Gasteiger partial charge on any atom is -0.0163 e. The Morgan fingerprint density at radius 2 is 1.67 bits per heavy atom. The van der Waals surface area contributed by atoms with Crippen molar-refractivity contribution in [2.24, 2.45) is 0 Å². The fraction of sp³-hybridized carbons (Fsp3) is 0.333. The Labute approximate surface area is 77.0 Å². The Kier molecular flexibility index (Phi) is 11.2. The lowest BCUT2D eigenvalue weighted by atomic mass is 10.2. The molecule has 0 nitrogen and oxygen atoms in total. The van der Waals surface area contributed by atoms with Gasteiger partial charge in [-0.25, -0.2) is 0 Å². The molecule has 0 aliphatic rings. The first kappa shape index (κ1) is 13.5. The zero-order valence-electron chi connectivity index (χ0n) is 8.56. The summed E-state index contributed by atoms with van der Waals surface area (Å²) in [6.07, 6.45) is 7.38. The molecule has 0 radical (unpaired) electrons. The van der Waals surface area contributed by atoms with E-state index < -0.39 is 0 Å². The van der Waals surface area contributed by atoms with Gasteiger partial charge in [0.1, 0.15) is 0 Å². The zero-order valence-corrected chi connectivity index (χ0v) is 8.56. The van der Waals surface area contributed by atoms with Crippen LogP contribution in [-0.2, 0) is 0 Å². The van der Waals surface area contributed by atoms with E-state index in [0.29, 0.717) is 0 Å². The second kappa shape index (κ2) is 9.96. The molecule has 0 heterocycles. The van der Waals surface area contributed by atoms with E-state index in [9.17, 15) is 0 Å². The number of rotatable bonds is 3. The Morgan fingerprint density at radius 1 is 1.17 bits per heavy atom. The third-order valence-corrected chi connectivity index (χ3v) is 1.06. The van der Waals surface area contributed by atoms with Crippen LogP contribution >= 0.6 is 0 Å². The van der Waals surface area contributed by atoms with Crippen molar-refractivity contribution in [3.63, 3.8) is 0 Å². The molecule has 0 fully saturated rings. The molecule has 12 heavy (non-hydrogen) atoms. The quantitative estimate of drug-likeness (QED) is 0.431. The molecule has 0 aliphatic carbocycles. The maximum atomic E-state index is 3.76. The summed E-state index contributed by atoms with van der Waals surface area (Å²) in [6.45, 7) is 16.0. The molecule has 0 spiro atoms. The van der Waals surface area contributed by atoms with Gasteiger partial charge in [-0.05, 0) is 27.2 Å².